The summed E-state index contributed by atoms with van der Waals surface area (Å²) in [6.07, 6.45) is 0. The molecule has 2 rings (SSSR count). The third-order valence-electron chi connectivity index (χ3n) is 3.56. The van der Waals surface area contributed by atoms with E-state index in [0.717, 1.165) is 5.56 Å². The predicted octanol–water partition coefficient (Wildman–Crippen LogP) is 4.06. The number of aromatic nitrogens is 1. The number of H-pyrrole nitrogens is 1. The second-order valence-corrected chi connectivity index (χ2v) is 5.74. The fraction of sp³-hybridized carbons (Fsp3) is 0.294. The number of ketones is 2. The Kier molecular flexibility index (Phi) is 4.71. The highest BCUT2D eigenvalue weighted by molar-refractivity contribution is 6.30. The molecule has 1 heterocycles. The average Bonchev–Trinajstić information content (AvgIpc) is 2.72. The Balaban J connectivity index is 2.16. The fourth-order valence-corrected chi connectivity index (χ4v) is 2.77. The lowest BCUT2D eigenvalue weighted by molar-refractivity contribution is 0.0916. The maximum absolute atomic E-state index is 12.3. The highest BCUT2D eigenvalue weighted by Crippen LogP contribution is 2.23. The van der Waals surface area contributed by atoms with Gasteiger partial charge < -0.3 is 9.72 Å². The molecule has 0 unspecified atom stereocenters. The van der Waals surface area contributed by atoms with Gasteiger partial charge in [0.15, 0.2) is 12.4 Å². The number of aryl methyl sites for hydroxylation is 2. The molecule has 4 nitrogen and oxygen atoms in total. The molecule has 0 bridgehead atoms. The lowest BCUT2D eigenvalue weighted by Gasteiger charge is -2.08. The number of halogens is 1. The molecular formula is C17H18ClNO3. The van der Waals surface area contributed by atoms with Crippen molar-refractivity contribution in [2.45, 2.75) is 27.7 Å². The summed E-state index contributed by atoms with van der Waals surface area (Å²) in [6.45, 7) is 6.81. The molecule has 0 fully saturated rings. The van der Waals surface area contributed by atoms with E-state index in [0.29, 0.717) is 33.3 Å². The van der Waals surface area contributed by atoms with Crippen LogP contribution < -0.4 is 4.74 Å². The van der Waals surface area contributed by atoms with Crippen molar-refractivity contribution in [2.75, 3.05) is 6.61 Å². The highest BCUT2D eigenvalue weighted by Gasteiger charge is 2.20. The van der Waals surface area contributed by atoms with E-state index in [4.69, 9.17) is 16.3 Å². The van der Waals surface area contributed by atoms with Crippen molar-refractivity contribution >= 4 is 23.2 Å². The van der Waals surface area contributed by atoms with Crippen molar-refractivity contribution in [3.63, 3.8) is 0 Å². The van der Waals surface area contributed by atoms with E-state index in [1.54, 1.807) is 32.0 Å². The average molecular weight is 320 g/mol. The topological polar surface area (TPSA) is 59.2 Å². The largest absolute Gasteiger partial charge is 0.485 e. The highest BCUT2D eigenvalue weighted by atomic mass is 35.5. The zero-order chi connectivity index (χ0) is 16.4. The van der Waals surface area contributed by atoms with Gasteiger partial charge in [0.25, 0.3) is 0 Å². The standard InChI is InChI=1S/C17H18ClNO3/c1-9-7-13(18)5-6-15(9)22-8-14(21)17-10(2)16(12(4)20)11(3)19-17/h5-7,19H,8H2,1-4H3. The molecule has 0 aliphatic carbocycles. The van der Waals surface area contributed by atoms with Gasteiger partial charge in [0, 0.05) is 16.3 Å². The number of ether oxygens (including phenoxy) is 1. The Morgan fingerprint density at radius 2 is 1.91 bits per heavy atom. The lowest BCUT2D eigenvalue weighted by atomic mass is 10.1. The van der Waals surface area contributed by atoms with Crippen LogP contribution in [0.2, 0.25) is 5.02 Å². The van der Waals surface area contributed by atoms with Crippen LogP contribution in [-0.4, -0.2) is 23.2 Å². The molecule has 2 aromatic rings. The second kappa shape index (κ2) is 6.36. The smallest absolute Gasteiger partial charge is 0.216 e. The Morgan fingerprint density at radius 3 is 2.45 bits per heavy atom. The summed E-state index contributed by atoms with van der Waals surface area (Å²) in [5.41, 5.74) is 3.24. The van der Waals surface area contributed by atoms with E-state index in [9.17, 15) is 9.59 Å². The first-order valence-electron chi connectivity index (χ1n) is 6.93. The van der Waals surface area contributed by atoms with Gasteiger partial charge in [0.1, 0.15) is 5.75 Å². The number of hydrogen-bond acceptors (Lipinski definition) is 3. The number of aromatic amines is 1. The summed E-state index contributed by atoms with van der Waals surface area (Å²) < 4.78 is 5.56. The predicted molar refractivity (Wildman–Crippen MR) is 86.3 cm³/mol. The van der Waals surface area contributed by atoms with Gasteiger partial charge >= 0.3 is 0 Å². The molecule has 116 valence electrons. The summed E-state index contributed by atoms with van der Waals surface area (Å²) in [5.74, 6) is 0.368. The first-order chi connectivity index (χ1) is 10.3. The van der Waals surface area contributed by atoms with Crippen molar-refractivity contribution in [2.24, 2.45) is 0 Å². The molecular weight excluding hydrogens is 302 g/mol. The van der Waals surface area contributed by atoms with Crippen LogP contribution >= 0.6 is 11.6 Å². The molecule has 0 saturated carbocycles. The lowest BCUT2D eigenvalue weighted by Crippen LogP contribution is -2.13. The van der Waals surface area contributed by atoms with Crippen LogP contribution in [0.1, 0.15) is 44.6 Å². The van der Waals surface area contributed by atoms with Crippen LogP contribution in [0.4, 0.5) is 0 Å². The Bertz CT molecular complexity index is 747. The zero-order valence-corrected chi connectivity index (χ0v) is 13.8. The maximum atomic E-state index is 12.3. The number of rotatable bonds is 5. The number of carbonyl (C=O) groups excluding carboxylic acids is 2. The van der Waals surface area contributed by atoms with Crippen molar-refractivity contribution in [1.82, 2.24) is 4.98 Å². The molecule has 5 heteroatoms. The number of nitrogens with one attached hydrogen (secondary N) is 1. The van der Waals surface area contributed by atoms with E-state index >= 15 is 0 Å². The van der Waals surface area contributed by atoms with Crippen LogP contribution in [0.15, 0.2) is 18.2 Å². The van der Waals surface area contributed by atoms with E-state index < -0.39 is 0 Å². The summed E-state index contributed by atoms with van der Waals surface area (Å²) in [4.78, 5) is 26.9. The van der Waals surface area contributed by atoms with Gasteiger partial charge in [-0.05, 0) is 57.0 Å². The van der Waals surface area contributed by atoms with E-state index in [1.807, 2.05) is 6.92 Å². The van der Waals surface area contributed by atoms with Crippen LogP contribution in [0, 0.1) is 20.8 Å². The molecule has 0 aliphatic rings. The molecule has 0 spiro atoms. The third-order valence-corrected chi connectivity index (χ3v) is 3.80. The van der Waals surface area contributed by atoms with Gasteiger partial charge in [0.2, 0.25) is 5.78 Å². The first kappa shape index (κ1) is 16.3. The van der Waals surface area contributed by atoms with Gasteiger partial charge in [0.05, 0.1) is 5.69 Å². The minimum atomic E-state index is -0.192. The van der Waals surface area contributed by atoms with E-state index in [1.165, 1.54) is 6.92 Å². The minimum Gasteiger partial charge on any atom is -0.485 e. The van der Waals surface area contributed by atoms with Gasteiger partial charge in [-0.25, -0.2) is 0 Å². The molecule has 1 aromatic carbocycles. The quantitative estimate of drug-likeness (QED) is 0.845. The molecule has 0 aliphatic heterocycles. The third kappa shape index (κ3) is 3.22. The van der Waals surface area contributed by atoms with Crippen LogP contribution in [-0.2, 0) is 0 Å². The van der Waals surface area contributed by atoms with Crippen molar-refractivity contribution in [3.8, 4) is 5.75 Å². The first-order valence-corrected chi connectivity index (χ1v) is 7.31. The molecule has 1 N–H and O–H groups in total. The van der Waals surface area contributed by atoms with Gasteiger partial charge in [-0.15, -0.1) is 0 Å². The summed E-state index contributed by atoms with van der Waals surface area (Å²) in [5, 5.41) is 0.623. The number of carbonyl (C=O) groups is 2. The minimum absolute atomic E-state index is 0.0558. The second-order valence-electron chi connectivity index (χ2n) is 5.30. The normalized spacial score (nSPS) is 10.6. The zero-order valence-electron chi connectivity index (χ0n) is 13.0. The molecule has 0 saturated heterocycles. The van der Waals surface area contributed by atoms with Gasteiger partial charge in [-0.3, -0.25) is 9.59 Å². The maximum Gasteiger partial charge on any atom is 0.216 e. The number of hydrogen-bond donors (Lipinski definition) is 1. The van der Waals surface area contributed by atoms with Gasteiger partial charge in [-0.2, -0.15) is 0 Å². The van der Waals surface area contributed by atoms with Crippen molar-refractivity contribution in [3.05, 3.63) is 51.3 Å². The molecule has 0 radical (unpaired) electrons. The van der Waals surface area contributed by atoms with Gasteiger partial charge in [-0.1, -0.05) is 11.6 Å². The molecule has 1 aromatic heterocycles. The van der Waals surface area contributed by atoms with Crippen LogP contribution in [0.25, 0.3) is 0 Å². The summed E-state index contributed by atoms with van der Waals surface area (Å²) >= 11 is 5.89. The Morgan fingerprint density at radius 1 is 1.23 bits per heavy atom. The molecule has 22 heavy (non-hydrogen) atoms. The summed E-state index contributed by atoms with van der Waals surface area (Å²) in [6, 6.07) is 5.23. The fourth-order valence-electron chi connectivity index (χ4n) is 2.55. The van der Waals surface area contributed by atoms with E-state index in [2.05, 4.69) is 4.98 Å². The van der Waals surface area contributed by atoms with E-state index in [-0.39, 0.29) is 18.2 Å². The molecule has 0 atom stereocenters. The van der Waals surface area contributed by atoms with Crippen LogP contribution in [0.5, 0.6) is 5.75 Å². The number of Topliss-reactive ketones (excluding diaryl/α,β-unsaturated/α-hetero) is 2. The molecule has 0 amide bonds. The Labute approximate surface area is 134 Å². The monoisotopic (exact) mass is 319 g/mol. The van der Waals surface area contributed by atoms with Crippen molar-refractivity contribution < 1.29 is 14.3 Å². The van der Waals surface area contributed by atoms with Crippen LogP contribution in [0.3, 0.4) is 0 Å². The van der Waals surface area contributed by atoms with Crippen molar-refractivity contribution in [1.29, 1.82) is 0 Å². The SMILES string of the molecule is CC(=O)c1c(C)[nH]c(C(=O)COc2ccc(Cl)cc2C)c1C. The number of benzene rings is 1. The Hall–Kier alpha value is -2.07. The summed E-state index contributed by atoms with van der Waals surface area (Å²) in [7, 11) is 0.